The molecule has 0 atom stereocenters. The zero-order chi connectivity index (χ0) is 15.6. The number of benzene rings is 1. The van der Waals surface area contributed by atoms with E-state index in [9.17, 15) is 18.0 Å². The third kappa shape index (κ3) is 3.22. The van der Waals surface area contributed by atoms with Gasteiger partial charge in [-0.3, -0.25) is 0 Å². The number of nitrogen functional groups attached to an aromatic ring is 1. The molecule has 0 fully saturated rings. The van der Waals surface area contributed by atoms with Gasteiger partial charge >= 0.3 is 12.1 Å². The number of aromatic nitrogens is 1. The predicted octanol–water partition coefficient (Wildman–Crippen LogP) is 3.12. The molecule has 5 nitrogen and oxygen atoms in total. The summed E-state index contributed by atoms with van der Waals surface area (Å²) in [5.41, 5.74) is 5.02. The summed E-state index contributed by atoms with van der Waals surface area (Å²) in [5, 5.41) is 11.7. The summed E-state index contributed by atoms with van der Waals surface area (Å²) in [4.78, 5) is 14.4. The number of hydrogen-bond acceptors (Lipinski definition) is 4. The van der Waals surface area contributed by atoms with Gasteiger partial charge in [0.15, 0.2) is 0 Å². The molecule has 0 radical (unpaired) electrons. The fraction of sp³-hybridized carbons (Fsp3) is 0.0769. The zero-order valence-corrected chi connectivity index (χ0v) is 10.5. The van der Waals surface area contributed by atoms with E-state index in [4.69, 9.17) is 10.8 Å². The molecule has 1 aromatic carbocycles. The number of carboxylic acid groups (broad SMARTS) is 1. The van der Waals surface area contributed by atoms with Gasteiger partial charge in [0.05, 0.1) is 28.8 Å². The maximum atomic E-state index is 12.4. The topological polar surface area (TPSA) is 88.2 Å². The minimum Gasteiger partial charge on any atom is -0.478 e. The second-order valence-electron chi connectivity index (χ2n) is 4.13. The first-order valence-electron chi connectivity index (χ1n) is 5.71. The van der Waals surface area contributed by atoms with E-state index in [1.807, 2.05) is 0 Å². The van der Waals surface area contributed by atoms with Crippen LogP contribution in [-0.4, -0.2) is 16.1 Å². The first kappa shape index (κ1) is 14.6. The van der Waals surface area contributed by atoms with E-state index in [1.165, 1.54) is 18.2 Å². The minimum atomic E-state index is -4.53. The Hall–Kier alpha value is -2.77. The lowest BCUT2D eigenvalue weighted by Crippen LogP contribution is -2.09. The molecule has 4 N–H and O–H groups in total. The van der Waals surface area contributed by atoms with E-state index in [-0.39, 0.29) is 22.6 Å². The number of para-hydroxylation sites is 1. The Morgan fingerprint density at radius 2 is 1.95 bits per heavy atom. The third-order valence-corrected chi connectivity index (χ3v) is 2.65. The van der Waals surface area contributed by atoms with Crippen molar-refractivity contribution in [3.63, 3.8) is 0 Å². The number of nitrogens with zero attached hydrogens (tertiary/aromatic N) is 1. The predicted molar refractivity (Wildman–Crippen MR) is 70.3 cm³/mol. The van der Waals surface area contributed by atoms with E-state index < -0.39 is 17.8 Å². The van der Waals surface area contributed by atoms with Gasteiger partial charge in [0.1, 0.15) is 5.69 Å². The SMILES string of the molecule is Nc1cccc(C(=O)O)c1Nc1ccc(C(F)(F)F)nc1. The van der Waals surface area contributed by atoms with Gasteiger partial charge in [0, 0.05) is 0 Å². The van der Waals surface area contributed by atoms with Crippen LogP contribution in [0.15, 0.2) is 36.5 Å². The normalized spacial score (nSPS) is 11.2. The molecule has 0 aliphatic heterocycles. The van der Waals surface area contributed by atoms with Gasteiger partial charge in [-0.15, -0.1) is 0 Å². The molecule has 1 aromatic heterocycles. The molecule has 0 bridgehead atoms. The lowest BCUT2D eigenvalue weighted by molar-refractivity contribution is -0.141. The molecular formula is C13H10F3N3O2. The average Bonchev–Trinajstić information content (AvgIpc) is 2.40. The molecule has 21 heavy (non-hydrogen) atoms. The molecule has 2 rings (SSSR count). The van der Waals surface area contributed by atoms with Gasteiger partial charge in [0.25, 0.3) is 0 Å². The lowest BCUT2D eigenvalue weighted by Gasteiger charge is -2.12. The van der Waals surface area contributed by atoms with Gasteiger partial charge in [-0.25, -0.2) is 9.78 Å². The summed E-state index contributed by atoms with van der Waals surface area (Å²) in [7, 11) is 0. The highest BCUT2D eigenvalue weighted by atomic mass is 19.4. The summed E-state index contributed by atoms with van der Waals surface area (Å²) in [6.07, 6.45) is -3.57. The van der Waals surface area contributed by atoms with Gasteiger partial charge in [-0.2, -0.15) is 13.2 Å². The number of hydrogen-bond donors (Lipinski definition) is 3. The van der Waals surface area contributed by atoms with Crippen LogP contribution in [0.4, 0.5) is 30.2 Å². The molecule has 0 aliphatic rings. The Balaban J connectivity index is 2.33. The Morgan fingerprint density at radius 1 is 1.24 bits per heavy atom. The molecule has 8 heteroatoms. The molecular weight excluding hydrogens is 287 g/mol. The maximum Gasteiger partial charge on any atom is 0.433 e. The number of nitrogens with one attached hydrogen (secondary N) is 1. The van der Waals surface area contributed by atoms with Crippen molar-refractivity contribution in [2.24, 2.45) is 0 Å². The number of aromatic carboxylic acids is 1. The summed E-state index contributed by atoms with van der Waals surface area (Å²) in [6, 6.07) is 6.22. The first-order chi connectivity index (χ1) is 9.79. The summed E-state index contributed by atoms with van der Waals surface area (Å²) in [6.45, 7) is 0. The highest BCUT2D eigenvalue weighted by Gasteiger charge is 2.32. The monoisotopic (exact) mass is 297 g/mol. The van der Waals surface area contributed by atoms with Crippen molar-refractivity contribution in [3.8, 4) is 0 Å². The highest BCUT2D eigenvalue weighted by Crippen LogP contribution is 2.30. The van der Waals surface area contributed by atoms with E-state index in [2.05, 4.69) is 10.3 Å². The Morgan fingerprint density at radius 3 is 2.48 bits per heavy atom. The number of pyridine rings is 1. The van der Waals surface area contributed by atoms with Crippen LogP contribution in [0.1, 0.15) is 16.1 Å². The molecule has 1 heterocycles. The molecule has 0 saturated carbocycles. The number of halogens is 3. The van der Waals surface area contributed by atoms with Gasteiger partial charge < -0.3 is 16.2 Å². The van der Waals surface area contributed by atoms with Gasteiger partial charge in [-0.1, -0.05) is 6.07 Å². The van der Waals surface area contributed by atoms with Crippen LogP contribution in [0.2, 0.25) is 0 Å². The molecule has 0 amide bonds. The first-order valence-corrected chi connectivity index (χ1v) is 5.71. The number of carbonyl (C=O) groups is 1. The zero-order valence-electron chi connectivity index (χ0n) is 10.5. The van der Waals surface area contributed by atoms with E-state index >= 15 is 0 Å². The lowest BCUT2D eigenvalue weighted by atomic mass is 10.1. The van der Waals surface area contributed by atoms with E-state index in [0.717, 1.165) is 18.3 Å². The quantitative estimate of drug-likeness (QED) is 0.757. The Bertz CT molecular complexity index is 669. The minimum absolute atomic E-state index is 0.0881. The number of carboxylic acids is 1. The van der Waals surface area contributed by atoms with Crippen LogP contribution < -0.4 is 11.1 Å². The third-order valence-electron chi connectivity index (χ3n) is 2.65. The maximum absolute atomic E-state index is 12.4. The fourth-order valence-electron chi connectivity index (χ4n) is 1.67. The van der Waals surface area contributed by atoms with Crippen molar-refractivity contribution >= 4 is 23.0 Å². The number of rotatable bonds is 3. The number of alkyl halides is 3. The molecule has 0 aliphatic carbocycles. The molecule has 0 saturated heterocycles. The van der Waals surface area contributed by atoms with Gasteiger partial charge in [-0.05, 0) is 24.3 Å². The van der Waals surface area contributed by atoms with Crippen LogP contribution in [0.3, 0.4) is 0 Å². The second kappa shape index (κ2) is 5.31. The molecule has 110 valence electrons. The second-order valence-corrected chi connectivity index (χ2v) is 4.13. The van der Waals surface area contributed by atoms with Crippen LogP contribution in [-0.2, 0) is 6.18 Å². The number of nitrogens with two attached hydrogens (primary N) is 1. The smallest absolute Gasteiger partial charge is 0.433 e. The van der Waals surface area contributed by atoms with Crippen LogP contribution in [0.25, 0.3) is 0 Å². The molecule has 2 aromatic rings. The van der Waals surface area contributed by atoms with Crippen LogP contribution >= 0.6 is 0 Å². The van der Waals surface area contributed by atoms with E-state index in [1.54, 1.807) is 0 Å². The average molecular weight is 297 g/mol. The van der Waals surface area contributed by atoms with Crippen molar-refractivity contribution in [3.05, 3.63) is 47.8 Å². The standard InChI is InChI=1S/C13H10F3N3O2/c14-13(15,16)10-5-4-7(6-18-10)19-11-8(12(20)21)2-1-3-9(11)17/h1-6,19H,17H2,(H,20,21). The highest BCUT2D eigenvalue weighted by molar-refractivity contribution is 5.98. The summed E-state index contributed by atoms with van der Waals surface area (Å²) in [5.74, 6) is -1.20. The van der Waals surface area contributed by atoms with E-state index in [0.29, 0.717) is 0 Å². The number of anilines is 3. The van der Waals surface area contributed by atoms with Crippen LogP contribution in [0, 0.1) is 0 Å². The largest absolute Gasteiger partial charge is 0.478 e. The van der Waals surface area contributed by atoms with Crippen molar-refractivity contribution in [2.45, 2.75) is 6.18 Å². The van der Waals surface area contributed by atoms with Gasteiger partial charge in [0.2, 0.25) is 0 Å². The molecule has 0 unspecified atom stereocenters. The summed E-state index contributed by atoms with van der Waals surface area (Å²) >= 11 is 0. The molecule has 0 spiro atoms. The van der Waals surface area contributed by atoms with Crippen molar-refractivity contribution in [2.75, 3.05) is 11.1 Å². The van der Waals surface area contributed by atoms with Crippen molar-refractivity contribution in [1.82, 2.24) is 4.98 Å². The Kier molecular flexibility index (Phi) is 3.70. The summed E-state index contributed by atoms with van der Waals surface area (Å²) < 4.78 is 37.2. The van der Waals surface area contributed by atoms with Crippen molar-refractivity contribution in [1.29, 1.82) is 0 Å². The van der Waals surface area contributed by atoms with Crippen molar-refractivity contribution < 1.29 is 23.1 Å². The van der Waals surface area contributed by atoms with Crippen LogP contribution in [0.5, 0.6) is 0 Å². The Labute approximate surface area is 117 Å². The fourth-order valence-corrected chi connectivity index (χ4v) is 1.67.